The van der Waals surface area contributed by atoms with Crippen LogP contribution in [0.2, 0.25) is 0 Å². The van der Waals surface area contributed by atoms with Crippen molar-refractivity contribution in [3.05, 3.63) is 20.3 Å². The van der Waals surface area contributed by atoms with Gasteiger partial charge in [0, 0.05) is 0 Å². The van der Waals surface area contributed by atoms with Crippen LogP contribution in [0.1, 0.15) is 68.2 Å². The molecule has 0 saturated heterocycles. The summed E-state index contributed by atoms with van der Waals surface area (Å²) in [4.78, 5) is 0. The fraction of sp³-hybridized carbons (Fsp3) is 0.800. The van der Waals surface area contributed by atoms with Gasteiger partial charge < -0.3 is 20.3 Å². The van der Waals surface area contributed by atoms with Gasteiger partial charge in [0.15, 0.2) is 0 Å². The van der Waals surface area contributed by atoms with Gasteiger partial charge in [-0.1, -0.05) is 54.4 Å². The third kappa shape index (κ3) is 36.3. The Hall–Kier alpha value is 1.10. The molecular weight excluding hydrogens is 269 g/mol. The molecule has 0 spiro atoms. The van der Waals surface area contributed by atoms with E-state index < -0.39 is 0 Å². The molecule has 0 fully saturated rings. The standard InChI is InChI=1S/C8H16.2C3H8.CH3.Y/c1-5-7(3)8(4)6-2;2*1-3-2;;/h5-8H,1-4H3;2*3H2,1-2H3;1H3;/q-2;;;-1;+3. The summed E-state index contributed by atoms with van der Waals surface area (Å²) >= 11 is 0. The van der Waals surface area contributed by atoms with E-state index >= 15 is 0 Å². The van der Waals surface area contributed by atoms with Gasteiger partial charge in [-0.05, 0) is 0 Å². The van der Waals surface area contributed by atoms with E-state index in [2.05, 4.69) is 68.2 Å². The first-order valence-electron chi connectivity index (χ1n) is 6.14. The number of rotatable bonds is 3. The second-order valence-corrected chi connectivity index (χ2v) is 3.80. The second-order valence-electron chi connectivity index (χ2n) is 3.80. The maximum absolute atomic E-state index is 2.24. The van der Waals surface area contributed by atoms with Crippen molar-refractivity contribution in [3.8, 4) is 0 Å². The van der Waals surface area contributed by atoms with Gasteiger partial charge in [0.05, 0.1) is 0 Å². The van der Waals surface area contributed by atoms with Crippen molar-refractivity contribution in [3.63, 3.8) is 0 Å². The fourth-order valence-corrected chi connectivity index (χ4v) is 0.607. The predicted molar refractivity (Wildman–Crippen MR) is 76.6 cm³/mol. The smallest absolute Gasteiger partial charge is 0.358 e. The van der Waals surface area contributed by atoms with Gasteiger partial charge in [-0.15, -0.1) is 0 Å². The maximum atomic E-state index is 2.24. The Morgan fingerprint density at radius 3 is 0.938 bits per heavy atom. The minimum Gasteiger partial charge on any atom is -0.358 e. The van der Waals surface area contributed by atoms with Gasteiger partial charge in [0.1, 0.15) is 0 Å². The Morgan fingerprint density at radius 1 is 0.750 bits per heavy atom. The van der Waals surface area contributed by atoms with E-state index in [4.69, 9.17) is 0 Å². The van der Waals surface area contributed by atoms with Crippen LogP contribution in [0.4, 0.5) is 0 Å². The SMILES string of the molecule is CCC.CCC.C[CH-]C(C)C(C)[CH-]C.[CH3-].[Y+3]. The average Bonchev–Trinajstić information content (AvgIpc) is 2.18. The zero-order valence-electron chi connectivity index (χ0n) is 13.3. The molecule has 2 atom stereocenters. The molecule has 0 aromatic rings. The summed E-state index contributed by atoms with van der Waals surface area (Å²) in [5.74, 6) is 1.47. The molecule has 0 saturated carbocycles. The van der Waals surface area contributed by atoms with Crippen LogP contribution in [0, 0.1) is 32.1 Å². The summed E-state index contributed by atoms with van der Waals surface area (Å²) in [5.41, 5.74) is 0. The molecule has 0 aliphatic heterocycles. The molecule has 0 N–H and O–H groups in total. The third-order valence-electron chi connectivity index (χ3n) is 1.88. The first-order valence-corrected chi connectivity index (χ1v) is 6.14. The minimum absolute atomic E-state index is 0. The summed E-state index contributed by atoms with van der Waals surface area (Å²) in [6.07, 6.45) is 6.98. The largest absolute Gasteiger partial charge is 3.00 e. The normalized spacial score (nSPS) is 11.2. The number of hydrogen-bond donors (Lipinski definition) is 0. The van der Waals surface area contributed by atoms with Gasteiger partial charge >= 0.3 is 32.7 Å². The van der Waals surface area contributed by atoms with E-state index in [0.29, 0.717) is 0 Å². The van der Waals surface area contributed by atoms with Crippen LogP contribution < -0.4 is 0 Å². The summed E-state index contributed by atoms with van der Waals surface area (Å²) in [7, 11) is 0. The van der Waals surface area contributed by atoms with Gasteiger partial charge in [0.2, 0.25) is 0 Å². The summed E-state index contributed by atoms with van der Waals surface area (Å²) in [5, 5.41) is 0. The van der Waals surface area contributed by atoms with Crippen molar-refractivity contribution in [2.75, 3.05) is 0 Å². The van der Waals surface area contributed by atoms with Gasteiger partial charge in [-0.3, -0.25) is 0 Å². The van der Waals surface area contributed by atoms with Crippen molar-refractivity contribution in [2.24, 2.45) is 11.8 Å². The quantitative estimate of drug-likeness (QED) is 0.562. The molecular formula is C15H35Y. The fourth-order valence-electron chi connectivity index (χ4n) is 0.607. The zero-order valence-corrected chi connectivity index (χ0v) is 16.1. The molecule has 0 bridgehead atoms. The Morgan fingerprint density at radius 2 is 0.875 bits per heavy atom. The van der Waals surface area contributed by atoms with Crippen LogP contribution in [0.3, 0.4) is 0 Å². The summed E-state index contributed by atoms with van der Waals surface area (Å²) < 4.78 is 0. The maximum Gasteiger partial charge on any atom is 3.00 e. The molecule has 0 nitrogen and oxygen atoms in total. The van der Waals surface area contributed by atoms with E-state index in [9.17, 15) is 0 Å². The Kier molecular flexibility index (Phi) is 56.4. The average molecular weight is 304 g/mol. The van der Waals surface area contributed by atoms with Crippen molar-refractivity contribution >= 4 is 0 Å². The monoisotopic (exact) mass is 304 g/mol. The van der Waals surface area contributed by atoms with E-state index in [-0.39, 0.29) is 40.1 Å². The Labute approximate surface area is 132 Å². The first kappa shape index (κ1) is 30.3. The molecule has 0 aromatic heterocycles. The van der Waals surface area contributed by atoms with Crippen LogP contribution in [0.5, 0.6) is 0 Å². The zero-order chi connectivity index (χ0) is 12.0. The molecule has 0 aliphatic carbocycles. The van der Waals surface area contributed by atoms with Crippen LogP contribution in [-0.2, 0) is 32.7 Å². The Bertz CT molecular complexity index is 61.8. The van der Waals surface area contributed by atoms with Crippen LogP contribution in [-0.4, -0.2) is 0 Å². The van der Waals surface area contributed by atoms with E-state index in [1.165, 1.54) is 12.8 Å². The summed E-state index contributed by atoms with van der Waals surface area (Å²) in [6, 6.07) is 0. The molecule has 2 unspecified atom stereocenters. The second kappa shape index (κ2) is 29.8. The molecule has 0 aromatic carbocycles. The van der Waals surface area contributed by atoms with Crippen LogP contribution >= 0.6 is 0 Å². The molecule has 0 radical (unpaired) electrons. The summed E-state index contributed by atoms with van der Waals surface area (Å²) in [6.45, 7) is 17.2. The molecule has 98 valence electrons. The van der Waals surface area contributed by atoms with E-state index in [1.54, 1.807) is 0 Å². The van der Waals surface area contributed by atoms with Crippen molar-refractivity contribution in [2.45, 2.75) is 68.2 Å². The van der Waals surface area contributed by atoms with Gasteiger partial charge in [-0.2, -0.15) is 25.7 Å². The topological polar surface area (TPSA) is 0 Å². The molecule has 0 heterocycles. The minimum atomic E-state index is 0. The van der Waals surface area contributed by atoms with Crippen molar-refractivity contribution in [1.82, 2.24) is 0 Å². The molecule has 0 rings (SSSR count). The van der Waals surface area contributed by atoms with E-state index in [1.807, 2.05) is 0 Å². The molecule has 16 heavy (non-hydrogen) atoms. The molecule has 1 heteroatoms. The van der Waals surface area contributed by atoms with Crippen molar-refractivity contribution in [1.29, 1.82) is 0 Å². The third-order valence-corrected chi connectivity index (χ3v) is 1.88. The van der Waals surface area contributed by atoms with E-state index in [0.717, 1.165) is 11.8 Å². The molecule has 0 amide bonds. The number of hydrogen-bond acceptors (Lipinski definition) is 0. The van der Waals surface area contributed by atoms with Crippen LogP contribution in [0.25, 0.3) is 0 Å². The Balaban J connectivity index is -0.0000000434. The van der Waals surface area contributed by atoms with Gasteiger partial charge in [0.25, 0.3) is 0 Å². The van der Waals surface area contributed by atoms with Gasteiger partial charge in [-0.25, -0.2) is 0 Å². The first-order chi connectivity index (χ1) is 6.55. The molecule has 0 aliphatic rings. The van der Waals surface area contributed by atoms with Crippen molar-refractivity contribution < 1.29 is 32.7 Å². The van der Waals surface area contributed by atoms with Crippen LogP contribution in [0.15, 0.2) is 0 Å². The predicted octanol–water partition coefficient (Wildman–Crippen LogP) is 5.99.